The molecule has 1 fully saturated rings. The minimum atomic E-state index is -4.16. The third-order valence-electron chi connectivity index (χ3n) is 7.18. The highest BCUT2D eigenvalue weighted by Crippen LogP contribution is 2.57. The van der Waals surface area contributed by atoms with Crippen molar-refractivity contribution >= 4 is 17.7 Å². The van der Waals surface area contributed by atoms with Crippen LogP contribution in [0.3, 0.4) is 0 Å². The van der Waals surface area contributed by atoms with Crippen molar-refractivity contribution in [3.05, 3.63) is 78.5 Å². The van der Waals surface area contributed by atoms with E-state index < -0.39 is 22.7 Å². The van der Waals surface area contributed by atoms with E-state index >= 15 is 0 Å². The third kappa shape index (κ3) is 8.11. The molecule has 1 aliphatic rings. The molecule has 1 aromatic heterocycles. The summed E-state index contributed by atoms with van der Waals surface area (Å²) in [5.41, 5.74) is 5.27. The minimum absolute atomic E-state index is 0.0943. The van der Waals surface area contributed by atoms with E-state index in [-0.39, 0.29) is 25.7 Å². The van der Waals surface area contributed by atoms with Gasteiger partial charge in [0.1, 0.15) is 0 Å². The summed E-state index contributed by atoms with van der Waals surface area (Å²) in [6, 6.07) is 22.4. The van der Waals surface area contributed by atoms with Crippen LogP contribution in [-0.4, -0.2) is 37.7 Å². The molecule has 1 aliphatic carbocycles. The van der Waals surface area contributed by atoms with Gasteiger partial charge in [0.25, 0.3) is 10.1 Å². The van der Waals surface area contributed by atoms with Crippen molar-refractivity contribution in [2.45, 2.75) is 76.3 Å². The number of hydrogen-bond donors (Lipinski definition) is 0. The monoisotopic (exact) mass is 585 g/mol. The zero-order chi connectivity index (χ0) is 28.4. The number of benzene rings is 2. The van der Waals surface area contributed by atoms with Gasteiger partial charge in [-0.3, -0.25) is 13.7 Å². The Labute approximate surface area is 239 Å². The maximum absolute atomic E-state index is 13.7. The smallest absolute Gasteiger partial charge is 0.308 e. The average Bonchev–Trinajstić information content (AvgIpc) is 2.96. The van der Waals surface area contributed by atoms with Gasteiger partial charge in [0.05, 0.1) is 25.0 Å². The van der Waals surface area contributed by atoms with E-state index in [1.807, 2.05) is 18.2 Å². The molecule has 1 atom stereocenters. The van der Waals surface area contributed by atoms with Gasteiger partial charge in [0, 0.05) is 11.8 Å². The maximum atomic E-state index is 13.7. The molecule has 7 nitrogen and oxygen atoms in total. The van der Waals surface area contributed by atoms with Crippen LogP contribution >= 0.6 is 7.60 Å². The van der Waals surface area contributed by atoms with Crippen molar-refractivity contribution < 1.29 is 26.2 Å². The second-order valence-electron chi connectivity index (χ2n) is 10.1. The number of pyridine rings is 1. The number of aromatic nitrogens is 1. The molecule has 0 aliphatic heterocycles. The lowest BCUT2D eigenvalue weighted by Gasteiger charge is -2.28. The minimum Gasteiger partial charge on any atom is -0.308 e. The molecule has 0 saturated heterocycles. The Hall–Kier alpha value is -2.35. The van der Waals surface area contributed by atoms with Crippen molar-refractivity contribution in [1.82, 2.24) is 4.98 Å². The summed E-state index contributed by atoms with van der Waals surface area (Å²) in [5, 5.41) is 0. The molecular formula is C31H40NO6PS. The van der Waals surface area contributed by atoms with Gasteiger partial charge in [0.2, 0.25) is 0 Å². The predicted molar refractivity (Wildman–Crippen MR) is 160 cm³/mol. The van der Waals surface area contributed by atoms with Gasteiger partial charge in [-0.2, -0.15) is 8.42 Å². The van der Waals surface area contributed by atoms with Gasteiger partial charge in [-0.15, -0.1) is 0 Å². The molecule has 2 aromatic carbocycles. The number of hydrogen-bond acceptors (Lipinski definition) is 7. The number of rotatable bonds is 14. The molecule has 1 heterocycles. The van der Waals surface area contributed by atoms with Gasteiger partial charge < -0.3 is 9.05 Å². The first-order valence-corrected chi connectivity index (χ1v) is 17.3. The zero-order valence-corrected chi connectivity index (χ0v) is 25.1. The standard InChI is InChI=1S/C31H40NO6PS/c1-3-36-39(33,37-4-2)31(40(34,35)38-29-12-6-5-7-13-29)15-10-11-25-16-18-26(19-17-25)27-20-22-28(23-21-27)30-14-8-9-24-32-30/h8-9,14,16-24,29,31H,3-7,10-13,15H2,1-2H3. The summed E-state index contributed by atoms with van der Waals surface area (Å²) in [7, 11) is -8.09. The molecule has 1 saturated carbocycles. The lowest BCUT2D eigenvalue weighted by Crippen LogP contribution is -2.31. The normalized spacial score (nSPS) is 15.7. The molecular weight excluding hydrogens is 545 g/mol. The summed E-state index contributed by atoms with van der Waals surface area (Å²) < 4.78 is 57.0. The van der Waals surface area contributed by atoms with Crippen molar-refractivity contribution in [3.63, 3.8) is 0 Å². The van der Waals surface area contributed by atoms with E-state index in [2.05, 4.69) is 53.5 Å². The average molecular weight is 586 g/mol. The largest absolute Gasteiger partial charge is 0.351 e. The van der Waals surface area contributed by atoms with Crippen molar-refractivity contribution in [1.29, 1.82) is 0 Å². The van der Waals surface area contributed by atoms with E-state index in [4.69, 9.17) is 13.2 Å². The van der Waals surface area contributed by atoms with Crippen LogP contribution in [-0.2, 0) is 34.3 Å². The fraction of sp³-hybridized carbons (Fsp3) is 0.452. The summed E-state index contributed by atoms with van der Waals surface area (Å²) in [4.78, 5) is 3.06. The summed E-state index contributed by atoms with van der Waals surface area (Å²) in [5.74, 6) is 0. The molecule has 0 amide bonds. The molecule has 216 valence electrons. The van der Waals surface area contributed by atoms with Crippen molar-refractivity contribution in [2.24, 2.45) is 0 Å². The van der Waals surface area contributed by atoms with Crippen LogP contribution in [0.4, 0.5) is 0 Å². The topological polar surface area (TPSA) is 91.8 Å². The fourth-order valence-corrected chi connectivity index (χ4v) is 9.71. The van der Waals surface area contributed by atoms with Gasteiger partial charge in [-0.1, -0.05) is 73.9 Å². The number of nitrogens with zero attached hydrogens (tertiary/aromatic N) is 1. The van der Waals surface area contributed by atoms with Crippen LogP contribution in [0.2, 0.25) is 0 Å². The van der Waals surface area contributed by atoms with Crippen LogP contribution in [0.15, 0.2) is 72.9 Å². The van der Waals surface area contributed by atoms with Crippen LogP contribution < -0.4 is 0 Å². The molecule has 9 heteroatoms. The van der Waals surface area contributed by atoms with E-state index in [0.29, 0.717) is 25.7 Å². The molecule has 1 unspecified atom stereocenters. The zero-order valence-electron chi connectivity index (χ0n) is 23.4. The predicted octanol–water partition coefficient (Wildman–Crippen LogP) is 8.01. The third-order valence-corrected chi connectivity index (χ3v) is 12.4. The van der Waals surface area contributed by atoms with E-state index in [0.717, 1.165) is 47.2 Å². The van der Waals surface area contributed by atoms with Gasteiger partial charge >= 0.3 is 7.60 Å². The lowest BCUT2D eigenvalue weighted by atomic mass is 9.98. The van der Waals surface area contributed by atoms with Crippen molar-refractivity contribution in [3.8, 4) is 22.4 Å². The lowest BCUT2D eigenvalue weighted by molar-refractivity contribution is 0.158. The summed E-state index contributed by atoms with van der Waals surface area (Å²) in [6.45, 7) is 3.56. The highest BCUT2D eigenvalue weighted by molar-refractivity contribution is 7.94. The van der Waals surface area contributed by atoms with Crippen LogP contribution in [0.25, 0.3) is 22.4 Å². The molecule has 0 bridgehead atoms. The summed E-state index contributed by atoms with van der Waals surface area (Å²) >= 11 is 0. The Morgan fingerprint density at radius 2 is 1.45 bits per heavy atom. The SMILES string of the molecule is CCOP(=O)(OCC)C(CCCc1ccc(-c2ccc(-c3ccccn3)cc2)cc1)S(=O)(=O)OC1CCCCC1. The molecule has 3 aromatic rings. The Morgan fingerprint density at radius 3 is 2.02 bits per heavy atom. The number of aryl methyl sites for hydroxylation is 1. The fourth-order valence-electron chi connectivity index (χ4n) is 5.15. The molecule has 4 rings (SSSR count). The Bertz CT molecular complexity index is 1330. The molecule has 0 spiro atoms. The quantitative estimate of drug-likeness (QED) is 0.140. The Kier molecular flexibility index (Phi) is 11.1. The molecule has 40 heavy (non-hydrogen) atoms. The second kappa shape index (κ2) is 14.5. The second-order valence-corrected chi connectivity index (χ2v) is 14.4. The maximum Gasteiger partial charge on any atom is 0.351 e. The Morgan fingerprint density at radius 1 is 0.850 bits per heavy atom. The highest BCUT2D eigenvalue weighted by atomic mass is 32.2. The van der Waals surface area contributed by atoms with Gasteiger partial charge in [0.15, 0.2) is 4.99 Å². The molecule has 0 N–H and O–H groups in total. The first-order valence-electron chi connectivity index (χ1n) is 14.3. The van der Waals surface area contributed by atoms with Crippen LogP contribution in [0.5, 0.6) is 0 Å². The Balaban J connectivity index is 1.42. The summed E-state index contributed by atoms with van der Waals surface area (Å²) in [6.07, 6.45) is 7.01. The van der Waals surface area contributed by atoms with Crippen molar-refractivity contribution in [2.75, 3.05) is 13.2 Å². The van der Waals surface area contributed by atoms with E-state index in [9.17, 15) is 13.0 Å². The first-order chi connectivity index (χ1) is 19.3. The van der Waals surface area contributed by atoms with Crippen LogP contribution in [0, 0.1) is 0 Å². The van der Waals surface area contributed by atoms with Gasteiger partial charge in [-0.25, -0.2) is 0 Å². The highest BCUT2D eigenvalue weighted by Gasteiger charge is 2.46. The molecule has 0 radical (unpaired) electrons. The van der Waals surface area contributed by atoms with E-state index in [1.54, 1.807) is 20.0 Å². The van der Waals surface area contributed by atoms with E-state index in [1.165, 1.54) is 0 Å². The van der Waals surface area contributed by atoms with Crippen LogP contribution in [0.1, 0.15) is 64.4 Å². The first kappa shape index (κ1) is 30.6. The van der Waals surface area contributed by atoms with Gasteiger partial charge in [-0.05, 0) is 74.8 Å².